The van der Waals surface area contributed by atoms with E-state index in [4.69, 9.17) is 39.4 Å². The number of hydrogen-bond donors (Lipinski definition) is 0. The van der Waals surface area contributed by atoms with Gasteiger partial charge in [-0.25, -0.2) is 24.1 Å². The quantitative estimate of drug-likeness (QED) is 0.245. The molecule has 43 heavy (non-hydrogen) atoms. The molecule has 0 bridgehead atoms. The van der Waals surface area contributed by atoms with Crippen LogP contribution in [-0.2, 0) is 0 Å². The monoisotopic (exact) mass is 567 g/mol. The summed E-state index contributed by atoms with van der Waals surface area (Å²) in [7, 11) is 3.25. The van der Waals surface area contributed by atoms with Crippen molar-refractivity contribution in [1.29, 1.82) is 0 Å². The van der Waals surface area contributed by atoms with E-state index in [1.807, 2.05) is 96.5 Å². The van der Waals surface area contributed by atoms with E-state index >= 15 is 0 Å². The highest BCUT2D eigenvalue weighted by Gasteiger charge is 2.38. The van der Waals surface area contributed by atoms with Crippen LogP contribution in [0.5, 0.6) is 23.3 Å². The van der Waals surface area contributed by atoms with Gasteiger partial charge in [-0.2, -0.15) is 5.10 Å². The number of aryl methyl sites for hydroxylation is 1. The van der Waals surface area contributed by atoms with Gasteiger partial charge in [0.2, 0.25) is 17.6 Å². The van der Waals surface area contributed by atoms with Gasteiger partial charge in [0.1, 0.15) is 12.0 Å². The van der Waals surface area contributed by atoms with E-state index in [1.54, 1.807) is 25.1 Å². The van der Waals surface area contributed by atoms with Crippen LogP contribution >= 0.6 is 0 Å². The average Bonchev–Trinajstić information content (AvgIpc) is 3.65. The first kappa shape index (κ1) is 25.0. The number of benzene rings is 3. The smallest absolute Gasteiger partial charge is 0.230 e. The van der Waals surface area contributed by atoms with Gasteiger partial charge in [-0.3, -0.25) is 0 Å². The van der Waals surface area contributed by atoms with Crippen molar-refractivity contribution in [3.8, 4) is 40.5 Å². The summed E-state index contributed by atoms with van der Waals surface area (Å²) < 4.78 is 21.3. The molecule has 0 N–H and O–H groups in total. The molecule has 0 aliphatic carbocycles. The van der Waals surface area contributed by atoms with Crippen LogP contribution in [-0.4, -0.2) is 48.6 Å². The topological polar surface area (TPSA) is 101 Å². The number of pyridine rings is 1. The highest BCUT2D eigenvalue weighted by Crippen LogP contribution is 2.50. The summed E-state index contributed by atoms with van der Waals surface area (Å²) in [5.41, 5.74) is 6.50. The summed E-state index contributed by atoms with van der Waals surface area (Å²) in [4.78, 5) is 14.6. The maximum Gasteiger partial charge on any atom is 0.230 e. The van der Waals surface area contributed by atoms with Crippen molar-refractivity contribution < 1.29 is 14.2 Å². The lowest BCUT2D eigenvalue weighted by atomic mass is 9.84. The van der Waals surface area contributed by atoms with Gasteiger partial charge in [0.05, 0.1) is 48.2 Å². The second kappa shape index (κ2) is 9.66. The van der Waals surface area contributed by atoms with Crippen LogP contribution in [0.1, 0.15) is 28.3 Å². The maximum absolute atomic E-state index is 6.55. The molecule has 1 aliphatic heterocycles. The van der Waals surface area contributed by atoms with E-state index in [1.165, 1.54) is 0 Å². The zero-order valence-corrected chi connectivity index (χ0v) is 23.6. The van der Waals surface area contributed by atoms with Crippen LogP contribution in [0, 0.1) is 6.92 Å². The third-order valence-electron chi connectivity index (χ3n) is 7.79. The lowest BCUT2D eigenvalue weighted by Gasteiger charge is -2.26. The number of methoxy groups -OCH3 is 2. The molecule has 0 saturated heterocycles. The molecule has 5 heterocycles. The van der Waals surface area contributed by atoms with Crippen molar-refractivity contribution >= 4 is 16.6 Å². The molecule has 10 nitrogen and oxygen atoms in total. The first-order valence-electron chi connectivity index (χ1n) is 13.8. The Morgan fingerprint density at radius 2 is 1.60 bits per heavy atom. The first-order chi connectivity index (χ1) is 21.1. The third kappa shape index (κ3) is 3.91. The lowest BCUT2D eigenvalue weighted by Crippen LogP contribution is -2.16. The lowest BCUT2D eigenvalue weighted by molar-refractivity contribution is 0.354. The van der Waals surface area contributed by atoms with Crippen LogP contribution in [0.3, 0.4) is 0 Å². The van der Waals surface area contributed by atoms with Gasteiger partial charge in [-0.05, 0) is 48.9 Å². The van der Waals surface area contributed by atoms with Gasteiger partial charge in [0.25, 0.3) is 0 Å². The van der Waals surface area contributed by atoms with Gasteiger partial charge >= 0.3 is 0 Å². The fourth-order valence-corrected chi connectivity index (χ4v) is 5.79. The van der Waals surface area contributed by atoms with E-state index in [9.17, 15) is 0 Å². The number of rotatable bonds is 5. The Hall–Kier alpha value is -5.77. The Labute approximate surface area is 246 Å². The van der Waals surface area contributed by atoms with Gasteiger partial charge in [-0.15, -0.1) is 5.10 Å². The zero-order valence-electron chi connectivity index (χ0n) is 23.6. The molecule has 210 valence electrons. The molecule has 3 aromatic carbocycles. The van der Waals surface area contributed by atoms with Gasteiger partial charge in [-0.1, -0.05) is 48.5 Å². The summed E-state index contributed by atoms with van der Waals surface area (Å²) in [5.74, 6) is 2.44. The molecular weight excluding hydrogens is 542 g/mol. The molecule has 0 radical (unpaired) electrons. The van der Waals surface area contributed by atoms with E-state index in [-0.39, 0.29) is 5.92 Å². The zero-order chi connectivity index (χ0) is 29.1. The van der Waals surface area contributed by atoms with E-state index in [0.717, 1.165) is 39.0 Å². The van der Waals surface area contributed by atoms with E-state index < -0.39 is 0 Å². The van der Waals surface area contributed by atoms with E-state index in [0.29, 0.717) is 40.4 Å². The number of ether oxygens (including phenoxy) is 3. The number of nitrogens with zero attached hydrogens (tertiary/aromatic N) is 7. The Morgan fingerprint density at radius 3 is 2.44 bits per heavy atom. The average molecular weight is 568 g/mol. The Kier molecular flexibility index (Phi) is 5.61. The third-order valence-corrected chi connectivity index (χ3v) is 7.79. The SMILES string of the molecule is COc1ccc([C@@H]2c3c(C)nn(-c4ccccc4)c3Oc3ncn4nc(-c5ccc6ccccc6n5)nc4c32)cc1OC. The minimum atomic E-state index is -0.339. The Morgan fingerprint density at radius 1 is 0.791 bits per heavy atom. The molecule has 0 spiro atoms. The van der Waals surface area contributed by atoms with Crippen molar-refractivity contribution in [2.75, 3.05) is 14.2 Å². The Bertz CT molecular complexity index is 2170. The maximum atomic E-state index is 6.55. The predicted octanol–water partition coefficient (Wildman–Crippen LogP) is 6.14. The van der Waals surface area contributed by atoms with Gasteiger partial charge < -0.3 is 14.2 Å². The molecule has 0 amide bonds. The molecule has 4 aromatic heterocycles. The number of hydrogen-bond acceptors (Lipinski definition) is 8. The van der Waals surface area contributed by atoms with Crippen LogP contribution in [0.25, 0.3) is 33.8 Å². The summed E-state index contributed by atoms with van der Waals surface area (Å²) >= 11 is 0. The van der Waals surface area contributed by atoms with Gasteiger partial charge in [0, 0.05) is 5.39 Å². The minimum absolute atomic E-state index is 0.339. The fourth-order valence-electron chi connectivity index (χ4n) is 5.79. The molecule has 0 fully saturated rings. The predicted molar refractivity (Wildman–Crippen MR) is 160 cm³/mol. The largest absolute Gasteiger partial charge is 0.493 e. The van der Waals surface area contributed by atoms with Crippen molar-refractivity contribution in [1.82, 2.24) is 34.3 Å². The standard InChI is InChI=1S/C33H25N7O3/c1-19-27-28(21-14-16-25(41-2)26(17-21)42-3)29-31-36-30(24-15-13-20-9-7-8-12-23(20)35-24)38-39(31)18-34-32(29)43-33(27)40(37-19)22-10-5-4-6-11-22/h4-18,28H,1-3H3/t28-/m1/s1. The molecule has 0 unspecified atom stereocenters. The molecule has 1 atom stereocenters. The summed E-state index contributed by atoms with van der Waals surface area (Å²) in [5, 5.41) is 10.7. The van der Waals surface area contributed by atoms with Crippen molar-refractivity contribution in [3.05, 3.63) is 114 Å². The fraction of sp³-hybridized carbons (Fsp3) is 0.121. The number of aromatic nitrogens is 7. The summed E-state index contributed by atoms with van der Waals surface area (Å²) in [6.07, 6.45) is 1.62. The van der Waals surface area contributed by atoms with Crippen molar-refractivity contribution in [2.45, 2.75) is 12.8 Å². The van der Waals surface area contributed by atoms with Crippen LogP contribution in [0.4, 0.5) is 0 Å². The molecule has 0 saturated carbocycles. The molecule has 7 aromatic rings. The van der Waals surface area contributed by atoms with Crippen molar-refractivity contribution in [3.63, 3.8) is 0 Å². The summed E-state index contributed by atoms with van der Waals surface area (Å²) in [6, 6.07) is 27.8. The summed E-state index contributed by atoms with van der Waals surface area (Å²) in [6.45, 7) is 1.99. The van der Waals surface area contributed by atoms with E-state index in [2.05, 4.69) is 0 Å². The van der Waals surface area contributed by atoms with Crippen LogP contribution in [0.15, 0.2) is 91.3 Å². The number of para-hydroxylation sites is 2. The molecule has 1 aliphatic rings. The normalized spacial score (nSPS) is 13.9. The van der Waals surface area contributed by atoms with Gasteiger partial charge in [0.15, 0.2) is 17.1 Å². The van der Waals surface area contributed by atoms with Crippen molar-refractivity contribution in [2.24, 2.45) is 0 Å². The minimum Gasteiger partial charge on any atom is -0.493 e. The second-order valence-electron chi connectivity index (χ2n) is 10.3. The first-order valence-corrected chi connectivity index (χ1v) is 13.8. The molecular formula is C33H25N7O3. The molecule has 8 rings (SSSR count). The Balaban J connectivity index is 1.37. The molecule has 10 heteroatoms. The highest BCUT2D eigenvalue weighted by atomic mass is 16.5. The number of fused-ring (bicyclic) bond motifs is 5. The highest BCUT2D eigenvalue weighted by molar-refractivity contribution is 5.81. The second-order valence-corrected chi connectivity index (χ2v) is 10.3. The van der Waals surface area contributed by atoms with Crippen LogP contribution < -0.4 is 14.2 Å². The van der Waals surface area contributed by atoms with Crippen LogP contribution in [0.2, 0.25) is 0 Å².